The van der Waals surface area contributed by atoms with E-state index in [1.807, 2.05) is 70.2 Å². The van der Waals surface area contributed by atoms with E-state index in [2.05, 4.69) is 5.32 Å². The molecule has 2 aromatic carbocycles. The molecule has 0 aliphatic rings. The zero-order valence-electron chi connectivity index (χ0n) is 14.9. The van der Waals surface area contributed by atoms with Crippen molar-refractivity contribution >= 4 is 11.6 Å². The molecule has 1 amide bonds. The molecule has 0 fully saturated rings. The van der Waals surface area contributed by atoms with E-state index in [-0.39, 0.29) is 12.0 Å². The van der Waals surface area contributed by atoms with Gasteiger partial charge >= 0.3 is 0 Å². The van der Waals surface area contributed by atoms with Crippen molar-refractivity contribution < 1.29 is 14.3 Å². The van der Waals surface area contributed by atoms with E-state index in [1.54, 1.807) is 6.92 Å². The van der Waals surface area contributed by atoms with Crippen LogP contribution in [0.5, 0.6) is 11.5 Å². The number of ether oxygens (including phenoxy) is 2. The minimum atomic E-state index is -0.597. The van der Waals surface area contributed by atoms with Crippen LogP contribution in [0.25, 0.3) is 0 Å². The number of aryl methyl sites for hydroxylation is 2. The number of rotatable bonds is 6. The van der Waals surface area contributed by atoms with Crippen molar-refractivity contribution in [2.24, 2.45) is 0 Å². The first-order valence-electron chi connectivity index (χ1n) is 8.16. The molecule has 0 aromatic heterocycles. The molecule has 1 N–H and O–H groups in total. The molecular formula is C20H25NO3. The number of hydrogen-bond donors (Lipinski definition) is 1. The van der Waals surface area contributed by atoms with Crippen LogP contribution in [-0.4, -0.2) is 18.1 Å². The van der Waals surface area contributed by atoms with E-state index in [0.717, 1.165) is 22.6 Å². The van der Waals surface area contributed by atoms with Crippen molar-refractivity contribution in [1.29, 1.82) is 0 Å². The maximum atomic E-state index is 12.4. The smallest absolute Gasteiger partial charge is 0.265 e. The highest BCUT2D eigenvalue weighted by Gasteiger charge is 2.16. The van der Waals surface area contributed by atoms with Crippen LogP contribution in [0.1, 0.15) is 31.9 Å². The maximum Gasteiger partial charge on any atom is 0.265 e. The Hall–Kier alpha value is -2.49. The van der Waals surface area contributed by atoms with Gasteiger partial charge in [0, 0.05) is 11.8 Å². The molecule has 128 valence electrons. The molecule has 0 unspecified atom stereocenters. The van der Waals surface area contributed by atoms with Gasteiger partial charge in [-0.1, -0.05) is 18.2 Å². The first-order chi connectivity index (χ1) is 11.3. The molecule has 0 aliphatic carbocycles. The van der Waals surface area contributed by atoms with Crippen molar-refractivity contribution in [3.63, 3.8) is 0 Å². The Labute approximate surface area is 143 Å². The topological polar surface area (TPSA) is 47.6 Å². The van der Waals surface area contributed by atoms with Gasteiger partial charge in [-0.2, -0.15) is 0 Å². The van der Waals surface area contributed by atoms with E-state index in [0.29, 0.717) is 5.69 Å². The SMILES string of the molecule is Cc1ccc(C)c(O[C@H](C)C(=O)Nc2cccc(OC(C)C)c2)c1. The summed E-state index contributed by atoms with van der Waals surface area (Å²) in [7, 11) is 0. The Bertz CT molecular complexity index is 710. The fraction of sp³-hybridized carbons (Fsp3) is 0.350. The number of nitrogens with one attached hydrogen (secondary N) is 1. The highest BCUT2D eigenvalue weighted by atomic mass is 16.5. The highest BCUT2D eigenvalue weighted by molar-refractivity contribution is 5.94. The standard InChI is InChI=1S/C20H25NO3/c1-13(2)23-18-8-6-7-17(12-18)21-20(22)16(5)24-19-11-14(3)9-10-15(19)4/h6-13,16H,1-5H3,(H,21,22)/t16-/m1/s1. The Kier molecular flexibility index (Phi) is 5.85. The van der Waals surface area contributed by atoms with Crippen molar-refractivity contribution in [2.75, 3.05) is 5.32 Å². The van der Waals surface area contributed by atoms with E-state index in [1.165, 1.54) is 0 Å². The predicted molar refractivity (Wildman–Crippen MR) is 96.8 cm³/mol. The average Bonchev–Trinajstić information content (AvgIpc) is 2.50. The summed E-state index contributed by atoms with van der Waals surface area (Å²) in [5, 5.41) is 2.87. The lowest BCUT2D eigenvalue weighted by atomic mass is 10.1. The second-order valence-corrected chi connectivity index (χ2v) is 6.21. The van der Waals surface area contributed by atoms with E-state index >= 15 is 0 Å². The summed E-state index contributed by atoms with van der Waals surface area (Å²) in [6.45, 7) is 9.63. The number of carbonyl (C=O) groups is 1. The van der Waals surface area contributed by atoms with Crippen molar-refractivity contribution in [2.45, 2.75) is 46.8 Å². The van der Waals surface area contributed by atoms with Gasteiger partial charge in [0.25, 0.3) is 5.91 Å². The zero-order valence-corrected chi connectivity index (χ0v) is 14.9. The molecule has 0 aliphatic heterocycles. The molecule has 4 heteroatoms. The van der Waals surface area contributed by atoms with Gasteiger partial charge in [-0.25, -0.2) is 0 Å². The van der Waals surface area contributed by atoms with Crippen molar-refractivity contribution in [3.05, 3.63) is 53.6 Å². The Morgan fingerprint density at radius 2 is 1.75 bits per heavy atom. The summed E-state index contributed by atoms with van der Waals surface area (Å²) < 4.78 is 11.5. The van der Waals surface area contributed by atoms with Crippen LogP contribution in [0.4, 0.5) is 5.69 Å². The summed E-state index contributed by atoms with van der Waals surface area (Å²) in [6.07, 6.45) is -0.511. The molecule has 2 aromatic rings. The lowest BCUT2D eigenvalue weighted by molar-refractivity contribution is -0.122. The lowest BCUT2D eigenvalue weighted by Gasteiger charge is -2.17. The Balaban J connectivity index is 2.02. The summed E-state index contributed by atoms with van der Waals surface area (Å²) in [6, 6.07) is 13.3. The Morgan fingerprint density at radius 1 is 1.00 bits per heavy atom. The van der Waals surface area contributed by atoms with Crippen LogP contribution in [0.15, 0.2) is 42.5 Å². The van der Waals surface area contributed by atoms with Gasteiger partial charge < -0.3 is 14.8 Å². The maximum absolute atomic E-state index is 12.4. The third kappa shape index (κ3) is 5.01. The van der Waals surface area contributed by atoms with Crippen LogP contribution in [0.3, 0.4) is 0 Å². The molecule has 0 saturated carbocycles. The third-order valence-corrected chi connectivity index (χ3v) is 3.49. The summed E-state index contributed by atoms with van der Waals surface area (Å²) in [5.41, 5.74) is 2.80. The van der Waals surface area contributed by atoms with Crippen LogP contribution in [0.2, 0.25) is 0 Å². The van der Waals surface area contributed by atoms with Gasteiger partial charge in [-0.3, -0.25) is 4.79 Å². The molecule has 0 radical (unpaired) electrons. The van der Waals surface area contributed by atoms with Crippen LogP contribution < -0.4 is 14.8 Å². The van der Waals surface area contributed by atoms with Gasteiger partial charge in [0.15, 0.2) is 6.10 Å². The zero-order chi connectivity index (χ0) is 17.7. The van der Waals surface area contributed by atoms with Gasteiger partial charge in [-0.05, 0) is 63.9 Å². The number of hydrogen-bond acceptors (Lipinski definition) is 3. The number of anilines is 1. The predicted octanol–water partition coefficient (Wildman–Crippen LogP) is 4.50. The van der Waals surface area contributed by atoms with Gasteiger partial charge in [0.05, 0.1) is 6.10 Å². The number of carbonyl (C=O) groups excluding carboxylic acids is 1. The summed E-state index contributed by atoms with van der Waals surface area (Å²) in [4.78, 5) is 12.4. The highest BCUT2D eigenvalue weighted by Crippen LogP contribution is 2.22. The molecule has 0 spiro atoms. The van der Waals surface area contributed by atoms with Crippen LogP contribution in [0, 0.1) is 13.8 Å². The van der Waals surface area contributed by atoms with Crippen LogP contribution >= 0.6 is 0 Å². The second-order valence-electron chi connectivity index (χ2n) is 6.21. The Morgan fingerprint density at radius 3 is 2.46 bits per heavy atom. The minimum Gasteiger partial charge on any atom is -0.491 e. The van der Waals surface area contributed by atoms with Gasteiger partial charge in [0.1, 0.15) is 11.5 Å². The molecule has 0 saturated heterocycles. The molecular weight excluding hydrogens is 302 g/mol. The van der Waals surface area contributed by atoms with Crippen LogP contribution in [-0.2, 0) is 4.79 Å². The van der Waals surface area contributed by atoms with E-state index in [9.17, 15) is 4.79 Å². The minimum absolute atomic E-state index is 0.0857. The molecule has 2 rings (SSSR count). The fourth-order valence-corrected chi connectivity index (χ4v) is 2.24. The molecule has 0 heterocycles. The summed E-state index contributed by atoms with van der Waals surface area (Å²) in [5.74, 6) is 1.26. The number of benzene rings is 2. The fourth-order valence-electron chi connectivity index (χ4n) is 2.24. The third-order valence-electron chi connectivity index (χ3n) is 3.49. The van der Waals surface area contributed by atoms with Gasteiger partial charge in [-0.15, -0.1) is 0 Å². The van der Waals surface area contributed by atoms with E-state index in [4.69, 9.17) is 9.47 Å². The second kappa shape index (κ2) is 7.86. The molecule has 1 atom stereocenters. The lowest BCUT2D eigenvalue weighted by Crippen LogP contribution is -2.30. The largest absolute Gasteiger partial charge is 0.491 e. The first-order valence-corrected chi connectivity index (χ1v) is 8.16. The average molecular weight is 327 g/mol. The first kappa shape index (κ1) is 17.9. The van der Waals surface area contributed by atoms with Gasteiger partial charge in [0.2, 0.25) is 0 Å². The molecule has 0 bridgehead atoms. The molecule has 24 heavy (non-hydrogen) atoms. The van der Waals surface area contributed by atoms with Crippen molar-refractivity contribution in [1.82, 2.24) is 0 Å². The quantitative estimate of drug-likeness (QED) is 0.850. The number of amides is 1. The molecule has 4 nitrogen and oxygen atoms in total. The monoisotopic (exact) mass is 327 g/mol. The normalized spacial score (nSPS) is 11.9. The summed E-state index contributed by atoms with van der Waals surface area (Å²) >= 11 is 0. The van der Waals surface area contributed by atoms with Crippen molar-refractivity contribution in [3.8, 4) is 11.5 Å². The van der Waals surface area contributed by atoms with E-state index < -0.39 is 6.10 Å².